The number of pyridine rings is 1. The fraction of sp³-hybridized carbons (Fsp3) is 0. The number of carbonyl (C=O) groups is 1. The maximum atomic E-state index is 9.95. The normalized spacial score (nSPS) is 8.50. The van der Waals surface area contributed by atoms with E-state index in [2.05, 4.69) is 11.1 Å². The number of nitrogens with zero attached hydrogens (tertiary/aromatic N) is 1. The number of aldehydes is 1. The fourth-order valence-corrected chi connectivity index (χ4v) is 0.400. The van der Waals surface area contributed by atoms with Crippen molar-refractivity contribution in [2.24, 2.45) is 0 Å². The molecule has 0 aliphatic carbocycles. The summed E-state index contributed by atoms with van der Waals surface area (Å²) in [5, 5.41) is 0. The lowest BCUT2D eigenvalue weighted by Crippen LogP contribution is -1.77. The molecule has 0 saturated carbocycles. The quantitative estimate of drug-likeness (QED) is 0.493. The van der Waals surface area contributed by atoms with Crippen LogP contribution in [0.5, 0.6) is 0 Å². The molecule has 8 heavy (non-hydrogen) atoms. The Labute approximate surface area is 47.2 Å². The molecule has 0 N–H and O–H groups in total. The van der Waals surface area contributed by atoms with Gasteiger partial charge in [-0.25, -0.2) is 0 Å². The molecule has 0 aromatic carbocycles. The zero-order valence-electron chi connectivity index (χ0n) is 4.16. The summed E-state index contributed by atoms with van der Waals surface area (Å²) in [6.45, 7) is 0. The molecule has 2 heteroatoms. The molecule has 0 aliphatic heterocycles. The average molecular weight is 106 g/mol. The minimum atomic E-state index is 0.542. The van der Waals surface area contributed by atoms with E-state index in [4.69, 9.17) is 0 Å². The SMILES string of the molecule is O=Cc1[c]cncc1. The molecule has 0 fully saturated rings. The first-order valence-electron chi connectivity index (χ1n) is 2.20. The van der Waals surface area contributed by atoms with Crippen LogP contribution in [0.2, 0.25) is 0 Å². The molecule has 1 rings (SSSR count). The summed E-state index contributed by atoms with van der Waals surface area (Å²) in [4.78, 5) is 13.6. The lowest BCUT2D eigenvalue weighted by molar-refractivity contribution is 0.112. The van der Waals surface area contributed by atoms with Crippen LogP contribution in [0.25, 0.3) is 0 Å². The van der Waals surface area contributed by atoms with Crippen molar-refractivity contribution in [1.82, 2.24) is 4.98 Å². The van der Waals surface area contributed by atoms with Crippen molar-refractivity contribution in [3.8, 4) is 0 Å². The second kappa shape index (κ2) is 2.21. The van der Waals surface area contributed by atoms with E-state index in [0.29, 0.717) is 5.56 Å². The second-order valence-corrected chi connectivity index (χ2v) is 1.31. The summed E-state index contributed by atoms with van der Waals surface area (Å²) >= 11 is 0. The van der Waals surface area contributed by atoms with E-state index in [0.717, 1.165) is 6.29 Å². The first-order chi connectivity index (χ1) is 3.93. The van der Waals surface area contributed by atoms with E-state index in [9.17, 15) is 4.79 Å². The zero-order valence-corrected chi connectivity index (χ0v) is 4.16. The lowest BCUT2D eigenvalue weighted by Gasteiger charge is -1.80. The molecule has 1 aromatic heterocycles. The molecule has 0 atom stereocenters. The van der Waals surface area contributed by atoms with Gasteiger partial charge in [-0.15, -0.1) is 0 Å². The highest BCUT2D eigenvalue weighted by molar-refractivity contribution is 5.73. The first-order valence-corrected chi connectivity index (χ1v) is 2.20. The summed E-state index contributed by atoms with van der Waals surface area (Å²) in [6.07, 6.45) is 3.76. The first kappa shape index (κ1) is 4.97. The van der Waals surface area contributed by atoms with E-state index in [1.165, 1.54) is 6.20 Å². The monoisotopic (exact) mass is 106 g/mol. The van der Waals surface area contributed by atoms with Crippen LogP contribution in [0.1, 0.15) is 10.4 Å². The number of aromatic nitrogens is 1. The van der Waals surface area contributed by atoms with Crippen molar-refractivity contribution in [1.29, 1.82) is 0 Å². The minimum Gasteiger partial charge on any atom is -0.298 e. The van der Waals surface area contributed by atoms with Crippen LogP contribution in [-0.4, -0.2) is 11.3 Å². The number of hydrogen-bond acceptors (Lipinski definition) is 2. The van der Waals surface area contributed by atoms with Gasteiger partial charge in [-0.2, -0.15) is 0 Å². The Balaban J connectivity index is 2.99. The summed E-state index contributed by atoms with van der Waals surface area (Å²) in [7, 11) is 0. The van der Waals surface area contributed by atoms with Crippen LogP contribution < -0.4 is 0 Å². The molecule has 0 bridgehead atoms. The standard InChI is InChI=1S/C6H4NO/c8-5-6-1-3-7-4-2-6/h1,3-5H. The highest BCUT2D eigenvalue weighted by Gasteiger charge is 1.81. The summed E-state index contributed by atoms with van der Waals surface area (Å²) in [6, 6.07) is 4.24. The van der Waals surface area contributed by atoms with Gasteiger partial charge in [0.1, 0.15) is 0 Å². The average Bonchev–Trinajstić information content (AvgIpc) is 1.90. The molecule has 0 spiro atoms. The van der Waals surface area contributed by atoms with E-state index < -0.39 is 0 Å². The Morgan fingerprint density at radius 1 is 1.75 bits per heavy atom. The molecule has 0 amide bonds. The van der Waals surface area contributed by atoms with Crippen LogP contribution in [0.3, 0.4) is 0 Å². The molecule has 1 radical (unpaired) electrons. The Morgan fingerprint density at radius 2 is 2.62 bits per heavy atom. The van der Waals surface area contributed by atoms with E-state index in [1.54, 1.807) is 12.3 Å². The van der Waals surface area contributed by atoms with Gasteiger partial charge in [0, 0.05) is 24.0 Å². The maximum absolute atomic E-state index is 9.95. The predicted molar refractivity (Wildman–Crippen MR) is 28.5 cm³/mol. The third kappa shape index (κ3) is 0.904. The van der Waals surface area contributed by atoms with Crippen molar-refractivity contribution in [3.05, 3.63) is 30.1 Å². The van der Waals surface area contributed by atoms with Crippen molar-refractivity contribution in [3.63, 3.8) is 0 Å². The topological polar surface area (TPSA) is 30.0 Å². The Hall–Kier alpha value is -1.18. The van der Waals surface area contributed by atoms with Gasteiger partial charge >= 0.3 is 0 Å². The number of rotatable bonds is 1. The van der Waals surface area contributed by atoms with Crippen molar-refractivity contribution in [2.45, 2.75) is 0 Å². The minimum absolute atomic E-state index is 0.542. The van der Waals surface area contributed by atoms with Gasteiger partial charge in [-0.1, -0.05) is 0 Å². The van der Waals surface area contributed by atoms with Crippen LogP contribution in [0.4, 0.5) is 0 Å². The van der Waals surface area contributed by atoms with Gasteiger partial charge in [0.15, 0.2) is 6.29 Å². The molecular formula is C6H4NO. The van der Waals surface area contributed by atoms with Gasteiger partial charge < -0.3 is 0 Å². The Morgan fingerprint density at radius 3 is 3.00 bits per heavy atom. The molecule has 0 aliphatic rings. The van der Waals surface area contributed by atoms with Crippen LogP contribution in [0.15, 0.2) is 18.5 Å². The summed E-state index contributed by atoms with van der Waals surface area (Å²) < 4.78 is 0. The largest absolute Gasteiger partial charge is 0.298 e. The van der Waals surface area contributed by atoms with Crippen molar-refractivity contribution in [2.75, 3.05) is 0 Å². The number of carbonyl (C=O) groups excluding carboxylic acids is 1. The van der Waals surface area contributed by atoms with E-state index in [1.807, 2.05) is 0 Å². The van der Waals surface area contributed by atoms with Gasteiger partial charge in [-0.3, -0.25) is 9.78 Å². The molecule has 1 aromatic rings. The third-order valence-corrected chi connectivity index (χ3v) is 0.773. The smallest absolute Gasteiger partial charge is 0.150 e. The van der Waals surface area contributed by atoms with Gasteiger partial charge in [-0.05, 0) is 6.07 Å². The van der Waals surface area contributed by atoms with Gasteiger partial charge in [0.25, 0.3) is 0 Å². The fourth-order valence-electron chi connectivity index (χ4n) is 0.400. The van der Waals surface area contributed by atoms with Crippen LogP contribution in [0, 0.1) is 6.07 Å². The van der Waals surface area contributed by atoms with Crippen LogP contribution >= 0.6 is 0 Å². The van der Waals surface area contributed by atoms with Crippen molar-refractivity contribution < 1.29 is 4.79 Å². The molecule has 1 heterocycles. The third-order valence-electron chi connectivity index (χ3n) is 0.773. The predicted octanol–water partition coefficient (Wildman–Crippen LogP) is 0.694. The zero-order chi connectivity index (χ0) is 5.82. The Kier molecular flexibility index (Phi) is 1.37. The van der Waals surface area contributed by atoms with E-state index in [-0.39, 0.29) is 0 Å². The highest BCUT2D eigenvalue weighted by Crippen LogP contribution is 1.86. The number of hydrogen-bond donors (Lipinski definition) is 0. The molecule has 2 nitrogen and oxygen atoms in total. The maximum Gasteiger partial charge on any atom is 0.150 e. The molecule has 0 unspecified atom stereocenters. The molecule has 39 valence electrons. The van der Waals surface area contributed by atoms with Gasteiger partial charge in [0.05, 0.1) is 0 Å². The van der Waals surface area contributed by atoms with Gasteiger partial charge in [0.2, 0.25) is 0 Å². The van der Waals surface area contributed by atoms with Crippen molar-refractivity contribution >= 4 is 6.29 Å². The lowest BCUT2D eigenvalue weighted by atomic mass is 10.3. The van der Waals surface area contributed by atoms with E-state index >= 15 is 0 Å². The van der Waals surface area contributed by atoms with Crippen LogP contribution in [-0.2, 0) is 0 Å². The summed E-state index contributed by atoms with van der Waals surface area (Å²) in [5.74, 6) is 0. The molecule has 0 saturated heterocycles. The summed E-state index contributed by atoms with van der Waals surface area (Å²) in [5.41, 5.74) is 0.542. The Bertz CT molecular complexity index is 171. The highest BCUT2D eigenvalue weighted by atomic mass is 16.1. The molecular weight excluding hydrogens is 102 g/mol. The second-order valence-electron chi connectivity index (χ2n) is 1.31.